The van der Waals surface area contributed by atoms with Crippen molar-refractivity contribution >= 4 is 28.8 Å². The van der Waals surface area contributed by atoms with E-state index < -0.39 is 11.2 Å². The summed E-state index contributed by atoms with van der Waals surface area (Å²) < 4.78 is 0. The van der Waals surface area contributed by atoms with Gasteiger partial charge in [-0.15, -0.1) is 0 Å². The highest BCUT2D eigenvalue weighted by atomic mass is 32.2. The van der Waals surface area contributed by atoms with Gasteiger partial charge in [-0.1, -0.05) is 30.0 Å². The lowest BCUT2D eigenvalue weighted by molar-refractivity contribution is -0.136. The number of thioether (sulfide) groups is 1. The molecular formula is C12H13NO4S. The van der Waals surface area contributed by atoms with Gasteiger partial charge >= 0.3 is 5.97 Å². The summed E-state index contributed by atoms with van der Waals surface area (Å²) in [5, 5.41) is 9.87. The SMILES string of the molecule is C[C@@H](SC(=O)CNC(=O)c1ccccc1)C(=O)O. The molecule has 1 rings (SSSR count). The zero-order chi connectivity index (χ0) is 13.5. The van der Waals surface area contributed by atoms with Gasteiger partial charge < -0.3 is 10.4 Å². The van der Waals surface area contributed by atoms with E-state index in [0.29, 0.717) is 17.3 Å². The molecule has 0 aliphatic rings. The second kappa shape index (κ2) is 6.80. The minimum absolute atomic E-state index is 0.185. The highest BCUT2D eigenvalue weighted by Gasteiger charge is 2.17. The number of hydrogen-bond donors (Lipinski definition) is 2. The molecule has 0 bridgehead atoms. The van der Waals surface area contributed by atoms with E-state index in [4.69, 9.17) is 5.11 Å². The normalized spacial score (nSPS) is 11.6. The monoisotopic (exact) mass is 267 g/mol. The van der Waals surface area contributed by atoms with Gasteiger partial charge in [0.25, 0.3) is 5.91 Å². The number of rotatable bonds is 5. The molecule has 0 saturated heterocycles. The highest BCUT2D eigenvalue weighted by Crippen LogP contribution is 2.11. The molecule has 0 heterocycles. The molecule has 18 heavy (non-hydrogen) atoms. The van der Waals surface area contributed by atoms with Gasteiger partial charge in [-0.2, -0.15) is 0 Å². The first kappa shape index (κ1) is 14.2. The molecule has 96 valence electrons. The van der Waals surface area contributed by atoms with Crippen molar-refractivity contribution in [3.8, 4) is 0 Å². The average Bonchev–Trinajstić information content (AvgIpc) is 2.36. The number of carboxylic acids is 1. The number of nitrogens with one attached hydrogen (secondary N) is 1. The van der Waals surface area contributed by atoms with Crippen LogP contribution in [0.4, 0.5) is 0 Å². The highest BCUT2D eigenvalue weighted by molar-refractivity contribution is 8.14. The van der Waals surface area contributed by atoms with Crippen LogP contribution in [0, 0.1) is 0 Å². The first-order chi connectivity index (χ1) is 8.50. The smallest absolute Gasteiger partial charge is 0.316 e. The van der Waals surface area contributed by atoms with Gasteiger partial charge in [-0.05, 0) is 19.1 Å². The van der Waals surface area contributed by atoms with Crippen LogP contribution in [0.25, 0.3) is 0 Å². The third-order valence-electron chi connectivity index (χ3n) is 2.09. The van der Waals surface area contributed by atoms with E-state index >= 15 is 0 Å². The number of hydrogen-bond acceptors (Lipinski definition) is 4. The van der Waals surface area contributed by atoms with Crippen molar-refractivity contribution in [3.05, 3.63) is 35.9 Å². The molecule has 2 N–H and O–H groups in total. The summed E-state index contributed by atoms with van der Waals surface area (Å²) >= 11 is 0.692. The van der Waals surface area contributed by atoms with Crippen LogP contribution >= 0.6 is 11.8 Å². The summed E-state index contributed by atoms with van der Waals surface area (Å²) in [4.78, 5) is 33.5. The van der Waals surface area contributed by atoms with Crippen LogP contribution in [0.5, 0.6) is 0 Å². The maximum Gasteiger partial charge on any atom is 0.316 e. The summed E-state index contributed by atoms with van der Waals surface area (Å²) in [5.74, 6) is -1.41. The molecule has 0 spiro atoms. The lowest BCUT2D eigenvalue weighted by Crippen LogP contribution is -2.29. The third kappa shape index (κ3) is 4.58. The maximum atomic E-state index is 11.6. The molecule has 1 atom stereocenters. The Hall–Kier alpha value is -1.82. The van der Waals surface area contributed by atoms with Crippen molar-refractivity contribution in [2.75, 3.05) is 6.54 Å². The third-order valence-corrected chi connectivity index (χ3v) is 3.05. The zero-order valence-corrected chi connectivity index (χ0v) is 10.6. The Morgan fingerprint density at radius 2 is 1.89 bits per heavy atom. The fourth-order valence-electron chi connectivity index (χ4n) is 1.13. The van der Waals surface area contributed by atoms with Crippen molar-refractivity contribution in [1.82, 2.24) is 5.32 Å². The van der Waals surface area contributed by atoms with Crippen LogP contribution in [0.2, 0.25) is 0 Å². The molecule has 0 saturated carbocycles. The zero-order valence-electron chi connectivity index (χ0n) is 9.75. The van der Waals surface area contributed by atoms with Crippen LogP contribution in [-0.2, 0) is 9.59 Å². The number of amides is 1. The van der Waals surface area contributed by atoms with Gasteiger partial charge in [0.1, 0.15) is 5.25 Å². The quantitative estimate of drug-likeness (QED) is 0.836. The van der Waals surface area contributed by atoms with E-state index in [1.165, 1.54) is 6.92 Å². The fourth-order valence-corrected chi connectivity index (χ4v) is 1.78. The number of carboxylic acid groups (broad SMARTS) is 1. The van der Waals surface area contributed by atoms with Gasteiger partial charge in [0.2, 0.25) is 5.12 Å². The molecule has 0 radical (unpaired) electrons. The van der Waals surface area contributed by atoms with Gasteiger partial charge in [0, 0.05) is 5.56 Å². The Balaban J connectivity index is 2.40. The van der Waals surface area contributed by atoms with E-state index in [1.807, 2.05) is 0 Å². The molecule has 6 heteroatoms. The standard InChI is InChI=1S/C12H13NO4S/c1-8(12(16)17)18-10(14)7-13-11(15)9-5-3-2-4-6-9/h2-6,8H,7H2,1H3,(H,13,15)(H,16,17)/t8-/m1/s1. The maximum absolute atomic E-state index is 11.6. The molecule has 1 aromatic carbocycles. The van der Waals surface area contributed by atoms with E-state index in [0.717, 1.165) is 0 Å². The van der Waals surface area contributed by atoms with Crippen molar-refractivity contribution < 1.29 is 19.5 Å². The largest absolute Gasteiger partial charge is 0.480 e. The summed E-state index contributed by atoms with van der Waals surface area (Å²) in [7, 11) is 0. The first-order valence-electron chi connectivity index (χ1n) is 5.26. The van der Waals surface area contributed by atoms with Crippen molar-refractivity contribution in [3.63, 3.8) is 0 Å². The molecule has 0 fully saturated rings. The number of benzene rings is 1. The van der Waals surface area contributed by atoms with Gasteiger partial charge in [-0.3, -0.25) is 14.4 Å². The Bertz CT molecular complexity index is 447. The Morgan fingerprint density at radius 1 is 1.28 bits per heavy atom. The van der Waals surface area contributed by atoms with Crippen molar-refractivity contribution in [2.24, 2.45) is 0 Å². The minimum atomic E-state index is -1.05. The molecule has 5 nitrogen and oxygen atoms in total. The molecule has 0 aromatic heterocycles. The molecule has 1 aromatic rings. The van der Waals surface area contributed by atoms with E-state index in [-0.39, 0.29) is 17.6 Å². The fraction of sp³-hybridized carbons (Fsp3) is 0.250. The Kier molecular flexibility index (Phi) is 5.38. The van der Waals surface area contributed by atoms with Crippen molar-refractivity contribution in [1.29, 1.82) is 0 Å². The lowest BCUT2D eigenvalue weighted by atomic mass is 10.2. The summed E-state index contributed by atoms with van der Waals surface area (Å²) in [6, 6.07) is 8.49. The van der Waals surface area contributed by atoms with Crippen LogP contribution in [0.1, 0.15) is 17.3 Å². The Labute approximate surface area is 109 Å². The van der Waals surface area contributed by atoms with Crippen molar-refractivity contribution in [2.45, 2.75) is 12.2 Å². The topological polar surface area (TPSA) is 83.5 Å². The average molecular weight is 267 g/mol. The first-order valence-corrected chi connectivity index (χ1v) is 6.14. The van der Waals surface area contributed by atoms with Crippen LogP contribution in [0.15, 0.2) is 30.3 Å². The molecule has 0 aliphatic heterocycles. The van der Waals surface area contributed by atoms with Crippen LogP contribution in [-0.4, -0.2) is 33.9 Å². The predicted octanol–water partition coefficient (Wildman–Crippen LogP) is 1.15. The molecular weight excluding hydrogens is 254 g/mol. The van der Waals surface area contributed by atoms with E-state index in [2.05, 4.69) is 5.32 Å². The number of carbonyl (C=O) groups is 3. The van der Waals surface area contributed by atoms with Gasteiger partial charge in [0.05, 0.1) is 6.54 Å². The van der Waals surface area contributed by atoms with Crippen LogP contribution < -0.4 is 5.32 Å². The van der Waals surface area contributed by atoms with Crippen LogP contribution in [0.3, 0.4) is 0 Å². The van der Waals surface area contributed by atoms with Gasteiger partial charge in [0.15, 0.2) is 0 Å². The summed E-state index contributed by atoms with van der Waals surface area (Å²) in [6.45, 7) is 1.24. The number of aliphatic carboxylic acids is 1. The second-order valence-corrected chi connectivity index (χ2v) is 4.92. The number of carbonyl (C=O) groups excluding carboxylic acids is 2. The molecule has 0 unspecified atom stereocenters. The molecule has 0 aliphatic carbocycles. The summed E-state index contributed by atoms with van der Waals surface area (Å²) in [5.41, 5.74) is 0.460. The predicted molar refractivity (Wildman–Crippen MR) is 68.5 cm³/mol. The lowest BCUT2D eigenvalue weighted by Gasteiger charge is -2.06. The van der Waals surface area contributed by atoms with E-state index in [1.54, 1.807) is 30.3 Å². The molecule has 1 amide bonds. The Morgan fingerprint density at radius 3 is 2.44 bits per heavy atom. The minimum Gasteiger partial charge on any atom is -0.480 e. The second-order valence-electron chi connectivity index (χ2n) is 3.52. The van der Waals surface area contributed by atoms with E-state index in [9.17, 15) is 14.4 Å². The van der Waals surface area contributed by atoms with Gasteiger partial charge in [-0.25, -0.2) is 0 Å². The summed E-state index contributed by atoms with van der Waals surface area (Å²) in [6.07, 6.45) is 0.